The monoisotopic (exact) mass is 407 g/mol. The lowest BCUT2D eigenvalue weighted by Crippen LogP contribution is -2.52. The van der Waals surface area contributed by atoms with Crippen LogP contribution >= 0.6 is 12.4 Å². The summed E-state index contributed by atoms with van der Waals surface area (Å²) in [6, 6.07) is 5.39. The van der Waals surface area contributed by atoms with Gasteiger partial charge in [0.2, 0.25) is 11.8 Å². The maximum absolute atomic E-state index is 13.2. The predicted octanol–water partition coefficient (Wildman–Crippen LogP) is 2.74. The third-order valence-electron chi connectivity index (χ3n) is 6.32. The van der Waals surface area contributed by atoms with Crippen LogP contribution in [-0.2, 0) is 16.0 Å². The lowest BCUT2D eigenvalue weighted by molar-refractivity contribution is -0.144. The van der Waals surface area contributed by atoms with Crippen LogP contribution < -0.4 is 15.8 Å². The quantitative estimate of drug-likeness (QED) is 0.803. The molecule has 0 aromatic heterocycles. The number of likely N-dealkylation sites (tertiary alicyclic amines) is 1. The first-order chi connectivity index (χ1) is 13.2. The molecule has 7 heteroatoms. The van der Waals surface area contributed by atoms with Crippen LogP contribution in [0.15, 0.2) is 18.2 Å². The van der Waals surface area contributed by atoms with Crippen LogP contribution in [0.5, 0.6) is 5.75 Å². The van der Waals surface area contributed by atoms with Crippen molar-refractivity contribution >= 4 is 29.9 Å². The molecule has 0 radical (unpaired) electrons. The van der Waals surface area contributed by atoms with Crippen molar-refractivity contribution < 1.29 is 14.3 Å². The summed E-state index contributed by atoms with van der Waals surface area (Å²) < 4.78 is 5.53. The molecule has 2 amide bonds. The number of hydrogen-bond acceptors (Lipinski definition) is 4. The molecule has 1 saturated carbocycles. The normalized spacial score (nSPS) is 26.2. The molecule has 2 fully saturated rings. The molecule has 3 N–H and O–H groups in total. The van der Waals surface area contributed by atoms with E-state index >= 15 is 0 Å². The van der Waals surface area contributed by atoms with Gasteiger partial charge in [-0.15, -0.1) is 12.4 Å². The van der Waals surface area contributed by atoms with Crippen molar-refractivity contribution in [1.29, 1.82) is 0 Å². The standard InChI is InChI=1S/C21H29N3O3.ClH/c22-13-15-4-3-5-17(15)21(26)24-10-2-1-6-18(24)20(25)23-16-7-8-19-14(12-16)9-11-27-19;/h7-8,12,15,17-18H,1-6,9-11,13,22H2,(H,23,25);1H/t15-,17-,18?;/m1./s1. The minimum absolute atomic E-state index is 0. The number of carbonyl (C=O) groups is 2. The van der Waals surface area contributed by atoms with Gasteiger partial charge in [0.05, 0.1) is 6.61 Å². The Labute approximate surface area is 172 Å². The number of nitrogens with two attached hydrogens (primary N) is 1. The Morgan fingerprint density at radius 2 is 2.04 bits per heavy atom. The van der Waals surface area contributed by atoms with Crippen LogP contribution in [-0.4, -0.2) is 42.5 Å². The van der Waals surface area contributed by atoms with Gasteiger partial charge >= 0.3 is 0 Å². The third kappa shape index (κ3) is 4.13. The van der Waals surface area contributed by atoms with E-state index in [1.54, 1.807) is 0 Å². The van der Waals surface area contributed by atoms with Crippen molar-refractivity contribution in [1.82, 2.24) is 4.90 Å². The predicted molar refractivity (Wildman–Crippen MR) is 111 cm³/mol. The van der Waals surface area contributed by atoms with Crippen LogP contribution in [0.3, 0.4) is 0 Å². The number of fused-ring (bicyclic) bond motifs is 1. The summed E-state index contributed by atoms with van der Waals surface area (Å²) >= 11 is 0. The summed E-state index contributed by atoms with van der Waals surface area (Å²) in [5.41, 5.74) is 7.78. The van der Waals surface area contributed by atoms with E-state index in [1.807, 2.05) is 23.1 Å². The van der Waals surface area contributed by atoms with Gasteiger partial charge in [0, 0.05) is 24.6 Å². The number of rotatable bonds is 4. The van der Waals surface area contributed by atoms with Crippen LogP contribution in [0, 0.1) is 11.8 Å². The van der Waals surface area contributed by atoms with Gasteiger partial charge in [0.25, 0.3) is 0 Å². The second kappa shape index (κ2) is 9.14. The molecule has 28 heavy (non-hydrogen) atoms. The van der Waals surface area contributed by atoms with Gasteiger partial charge in [0.1, 0.15) is 11.8 Å². The van der Waals surface area contributed by atoms with Crippen molar-refractivity contribution in [3.63, 3.8) is 0 Å². The number of nitrogens with one attached hydrogen (secondary N) is 1. The molecule has 0 bridgehead atoms. The average Bonchev–Trinajstić information content (AvgIpc) is 3.36. The lowest BCUT2D eigenvalue weighted by atomic mass is 9.92. The Balaban J connectivity index is 0.00000225. The number of amides is 2. The summed E-state index contributed by atoms with van der Waals surface area (Å²) in [4.78, 5) is 28.0. The summed E-state index contributed by atoms with van der Waals surface area (Å²) in [5.74, 6) is 1.20. The number of anilines is 1. The van der Waals surface area contributed by atoms with E-state index in [-0.39, 0.29) is 42.1 Å². The van der Waals surface area contributed by atoms with Crippen LogP contribution in [0.2, 0.25) is 0 Å². The third-order valence-corrected chi connectivity index (χ3v) is 6.32. The van der Waals surface area contributed by atoms with Gasteiger partial charge < -0.3 is 20.7 Å². The Morgan fingerprint density at radius 3 is 2.86 bits per heavy atom. The first-order valence-corrected chi connectivity index (χ1v) is 10.2. The van der Waals surface area contributed by atoms with Crippen LogP contribution in [0.25, 0.3) is 0 Å². The van der Waals surface area contributed by atoms with E-state index in [4.69, 9.17) is 10.5 Å². The fourth-order valence-electron chi connectivity index (χ4n) is 4.81. The number of benzene rings is 1. The van der Waals surface area contributed by atoms with Crippen molar-refractivity contribution in [2.45, 2.75) is 51.0 Å². The second-order valence-corrected chi connectivity index (χ2v) is 7.99. The largest absolute Gasteiger partial charge is 0.493 e. The molecule has 3 atom stereocenters. The molecule has 1 unspecified atom stereocenters. The first-order valence-electron chi connectivity index (χ1n) is 10.2. The van der Waals surface area contributed by atoms with Crippen molar-refractivity contribution in [2.24, 2.45) is 17.6 Å². The maximum atomic E-state index is 13.2. The number of carbonyl (C=O) groups excluding carboxylic acids is 2. The summed E-state index contributed by atoms with van der Waals surface area (Å²) in [6.45, 7) is 1.92. The molecule has 2 aliphatic heterocycles. The highest BCUT2D eigenvalue weighted by Crippen LogP contribution is 2.34. The Morgan fingerprint density at radius 1 is 1.18 bits per heavy atom. The van der Waals surface area contributed by atoms with E-state index in [0.717, 1.165) is 61.9 Å². The van der Waals surface area contributed by atoms with Gasteiger partial charge in [0.15, 0.2) is 0 Å². The molecule has 3 aliphatic rings. The van der Waals surface area contributed by atoms with Gasteiger partial charge in [-0.05, 0) is 68.3 Å². The molecule has 1 aromatic rings. The highest BCUT2D eigenvalue weighted by Gasteiger charge is 2.39. The van der Waals surface area contributed by atoms with E-state index < -0.39 is 0 Å². The Kier molecular flexibility index (Phi) is 6.83. The maximum Gasteiger partial charge on any atom is 0.247 e. The molecule has 0 spiro atoms. The summed E-state index contributed by atoms with van der Waals surface area (Å²) in [6.07, 6.45) is 6.52. The molecular formula is C21H30ClN3O3. The van der Waals surface area contributed by atoms with Gasteiger partial charge in [-0.2, -0.15) is 0 Å². The highest BCUT2D eigenvalue weighted by molar-refractivity contribution is 5.97. The SMILES string of the molecule is Cl.NC[C@H]1CCC[C@H]1C(=O)N1CCCCC1C(=O)Nc1ccc2c(c1)CCO2. The number of halogens is 1. The van der Waals surface area contributed by atoms with Crippen LogP contribution in [0.1, 0.15) is 44.1 Å². The van der Waals surface area contributed by atoms with Crippen molar-refractivity contribution in [3.8, 4) is 5.75 Å². The zero-order valence-corrected chi connectivity index (χ0v) is 17.0. The molecule has 1 aromatic carbocycles. The molecule has 2 heterocycles. The minimum atomic E-state index is -0.380. The molecule has 1 saturated heterocycles. The molecule has 154 valence electrons. The van der Waals surface area contributed by atoms with Crippen LogP contribution in [0.4, 0.5) is 5.69 Å². The number of piperidine rings is 1. The molecule has 1 aliphatic carbocycles. The zero-order chi connectivity index (χ0) is 18.8. The molecule has 4 rings (SSSR count). The number of hydrogen-bond donors (Lipinski definition) is 2. The topological polar surface area (TPSA) is 84.7 Å². The Hall–Kier alpha value is -1.79. The molecule has 6 nitrogen and oxygen atoms in total. The summed E-state index contributed by atoms with van der Waals surface area (Å²) in [7, 11) is 0. The minimum Gasteiger partial charge on any atom is -0.493 e. The van der Waals surface area contributed by atoms with Gasteiger partial charge in [-0.3, -0.25) is 9.59 Å². The fourth-order valence-corrected chi connectivity index (χ4v) is 4.81. The highest BCUT2D eigenvalue weighted by atomic mass is 35.5. The number of ether oxygens (including phenoxy) is 1. The van der Waals surface area contributed by atoms with Gasteiger partial charge in [-0.1, -0.05) is 6.42 Å². The van der Waals surface area contributed by atoms with E-state index in [2.05, 4.69) is 5.32 Å². The molecular weight excluding hydrogens is 378 g/mol. The van der Waals surface area contributed by atoms with Crippen molar-refractivity contribution in [2.75, 3.05) is 25.0 Å². The summed E-state index contributed by atoms with van der Waals surface area (Å²) in [5, 5.41) is 3.03. The smallest absolute Gasteiger partial charge is 0.247 e. The zero-order valence-electron chi connectivity index (χ0n) is 16.2. The lowest BCUT2D eigenvalue weighted by Gasteiger charge is -2.37. The van der Waals surface area contributed by atoms with Gasteiger partial charge in [-0.25, -0.2) is 0 Å². The Bertz CT molecular complexity index is 727. The fraction of sp³-hybridized carbons (Fsp3) is 0.619. The van der Waals surface area contributed by atoms with E-state index in [0.29, 0.717) is 19.7 Å². The average molecular weight is 408 g/mol. The first kappa shape index (κ1) is 20.9. The number of nitrogens with zero attached hydrogens (tertiary/aromatic N) is 1. The van der Waals surface area contributed by atoms with E-state index in [9.17, 15) is 9.59 Å². The van der Waals surface area contributed by atoms with Crippen molar-refractivity contribution in [3.05, 3.63) is 23.8 Å². The second-order valence-electron chi connectivity index (χ2n) is 7.99. The van der Waals surface area contributed by atoms with E-state index in [1.165, 1.54) is 0 Å².